The van der Waals surface area contributed by atoms with Gasteiger partial charge in [0.05, 0.1) is 0 Å². The molecule has 1 fully saturated rings. The molecular weight excluding hydrogens is 241 g/mol. The lowest BCUT2D eigenvalue weighted by molar-refractivity contribution is -0.137. The van der Waals surface area contributed by atoms with Gasteiger partial charge in [0.2, 0.25) is 0 Å². The van der Waals surface area contributed by atoms with Crippen molar-refractivity contribution in [3.05, 3.63) is 0 Å². The van der Waals surface area contributed by atoms with Gasteiger partial charge in [-0.1, -0.05) is 6.42 Å². The van der Waals surface area contributed by atoms with Gasteiger partial charge < -0.3 is 5.73 Å². The lowest BCUT2D eigenvalue weighted by Crippen LogP contribution is -2.56. The summed E-state index contributed by atoms with van der Waals surface area (Å²) >= 11 is 0. The molecule has 0 aliphatic carbocycles. The second-order valence-corrected chi connectivity index (χ2v) is 5.71. The minimum atomic E-state index is -4.05. The fourth-order valence-corrected chi connectivity index (χ4v) is 2.93. The van der Waals surface area contributed by atoms with Crippen LogP contribution in [0.1, 0.15) is 52.4 Å². The number of rotatable bonds is 5. The quantitative estimate of drug-likeness (QED) is 0.827. The summed E-state index contributed by atoms with van der Waals surface area (Å²) in [6.45, 7) is 5.54. The second kappa shape index (κ2) is 6.24. The molecule has 1 saturated heterocycles. The highest BCUT2D eigenvalue weighted by molar-refractivity contribution is 4.92. The zero-order chi connectivity index (χ0) is 13.8. The summed E-state index contributed by atoms with van der Waals surface area (Å²) in [7, 11) is 0. The van der Waals surface area contributed by atoms with Crippen LogP contribution in [0.25, 0.3) is 0 Å². The van der Waals surface area contributed by atoms with E-state index in [2.05, 4.69) is 11.8 Å². The van der Waals surface area contributed by atoms with Gasteiger partial charge in [-0.3, -0.25) is 4.90 Å². The van der Waals surface area contributed by atoms with Gasteiger partial charge >= 0.3 is 6.18 Å². The molecule has 0 amide bonds. The highest BCUT2D eigenvalue weighted by atomic mass is 19.4. The molecule has 18 heavy (non-hydrogen) atoms. The van der Waals surface area contributed by atoms with Crippen molar-refractivity contribution in [1.82, 2.24) is 4.90 Å². The van der Waals surface area contributed by atoms with Crippen molar-refractivity contribution in [1.29, 1.82) is 0 Å². The summed E-state index contributed by atoms with van der Waals surface area (Å²) in [6, 6.07) is 0.429. The molecule has 0 aromatic rings. The number of likely N-dealkylation sites (tertiary alicyclic amines) is 1. The summed E-state index contributed by atoms with van der Waals surface area (Å²) in [6.07, 6.45) is -0.615. The zero-order valence-corrected chi connectivity index (χ0v) is 11.4. The normalized spacial score (nSPS) is 26.0. The van der Waals surface area contributed by atoms with Crippen LogP contribution >= 0.6 is 0 Å². The first-order valence-corrected chi connectivity index (χ1v) is 6.82. The second-order valence-electron chi connectivity index (χ2n) is 5.71. The smallest absolute Gasteiger partial charge is 0.329 e. The molecule has 2 N–H and O–H groups in total. The summed E-state index contributed by atoms with van der Waals surface area (Å²) < 4.78 is 36.6. The predicted molar refractivity (Wildman–Crippen MR) is 67.4 cm³/mol. The molecule has 1 rings (SSSR count). The van der Waals surface area contributed by atoms with Crippen molar-refractivity contribution in [2.45, 2.75) is 70.1 Å². The number of nitrogens with zero attached hydrogens (tertiary/aromatic N) is 1. The number of piperidine rings is 1. The molecule has 108 valence electrons. The van der Waals surface area contributed by atoms with Crippen molar-refractivity contribution in [2.75, 3.05) is 13.1 Å². The van der Waals surface area contributed by atoms with Gasteiger partial charge in [-0.25, -0.2) is 0 Å². The van der Waals surface area contributed by atoms with Gasteiger partial charge in [0.15, 0.2) is 0 Å². The number of nitrogens with two attached hydrogens (primary N) is 1. The van der Waals surface area contributed by atoms with Crippen molar-refractivity contribution in [3.63, 3.8) is 0 Å². The summed E-state index contributed by atoms with van der Waals surface area (Å²) in [5, 5.41) is 0. The average Bonchev–Trinajstić information content (AvgIpc) is 2.27. The van der Waals surface area contributed by atoms with Crippen LogP contribution in [0.4, 0.5) is 13.2 Å². The van der Waals surface area contributed by atoms with E-state index >= 15 is 0 Å². The first-order chi connectivity index (χ1) is 8.28. The van der Waals surface area contributed by atoms with Gasteiger partial charge in [-0.15, -0.1) is 0 Å². The maximum atomic E-state index is 12.2. The third kappa shape index (κ3) is 4.43. The molecule has 0 saturated carbocycles. The maximum Gasteiger partial charge on any atom is 0.389 e. The Morgan fingerprint density at radius 1 is 1.22 bits per heavy atom. The number of hydrogen-bond acceptors (Lipinski definition) is 2. The summed E-state index contributed by atoms with van der Waals surface area (Å²) in [5.74, 6) is 0. The van der Waals surface area contributed by atoms with Gasteiger partial charge in [-0.2, -0.15) is 13.2 Å². The minimum Gasteiger partial charge on any atom is -0.329 e. The number of halogens is 3. The first-order valence-electron chi connectivity index (χ1n) is 6.82. The Balaban J connectivity index is 2.55. The Hall–Kier alpha value is -0.290. The molecular formula is C13H25F3N2. The van der Waals surface area contributed by atoms with E-state index in [1.807, 2.05) is 6.92 Å². The van der Waals surface area contributed by atoms with Crippen molar-refractivity contribution < 1.29 is 13.2 Å². The maximum absolute atomic E-state index is 12.2. The lowest BCUT2D eigenvalue weighted by Gasteiger charge is -2.47. The first kappa shape index (κ1) is 15.8. The Bertz CT molecular complexity index is 255. The summed E-state index contributed by atoms with van der Waals surface area (Å²) in [5.41, 5.74) is 5.54. The molecule has 0 radical (unpaired) electrons. The minimum absolute atomic E-state index is 0.167. The Morgan fingerprint density at radius 2 is 1.89 bits per heavy atom. The predicted octanol–water partition coefficient (Wildman–Crippen LogP) is 3.31. The fraction of sp³-hybridized carbons (Fsp3) is 1.00. The van der Waals surface area contributed by atoms with E-state index in [0.717, 1.165) is 19.4 Å². The van der Waals surface area contributed by atoms with Crippen molar-refractivity contribution in [2.24, 2.45) is 5.73 Å². The topological polar surface area (TPSA) is 29.3 Å². The van der Waals surface area contributed by atoms with Gasteiger partial charge in [0.25, 0.3) is 0 Å². The average molecular weight is 266 g/mol. The molecule has 2 atom stereocenters. The van der Waals surface area contributed by atoms with Crippen LogP contribution in [0.5, 0.6) is 0 Å². The third-order valence-electron chi connectivity index (χ3n) is 4.11. The van der Waals surface area contributed by atoms with E-state index in [0.29, 0.717) is 19.0 Å². The number of alkyl halides is 3. The summed E-state index contributed by atoms with van der Waals surface area (Å²) in [4.78, 5) is 2.31. The fourth-order valence-electron chi connectivity index (χ4n) is 2.93. The van der Waals surface area contributed by atoms with E-state index in [1.165, 1.54) is 6.42 Å². The van der Waals surface area contributed by atoms with E-state index in [1.54, 1.807) is 0 Å². The van der Waals surface area contributed by atoms with Gasteiger partial charge in [-0.05, 0) is 46.1 Å². The Kier molecular flexibility index (Phi) is 5.46. The highest BCUT2D eigenvalue weighted by Gasteiger charge is 2.36. The van der Waals surface area contributed by atoms with E-state index in [4.69, 9.17) is 5.73 Å². The Morgan fingerprint density at radius 3 is 2.39 bits per heavy atom. The standard InChI is InChI=1S/C13H25F3N2/c1-11-6-3-4-9-18(11)12(2,10-17)7-5-8-13(14,15)16/h11H,3-10,17H2,1-2H3. The van der Waals surface area contributed by atoms with Crippen LogP contribution in [0.3, 0.4) is 0 Å². The van der Waals surface area contributed by atoms with Gasteiger partial charge in [0, 0.05) is 24.5 Å². The third-order valence-corrected chi connectivity index (χ3v) is 4.11. The van der Waals surface area contributed by atoms with Crippen LogP contribution in [-0.2, 0) is 0 Å². The largest absolute Gasteiger partial charge is 0.389 e. The van der Waals surface area contributed by atoms with Crippen molar-refractivity contribution >= 4 is 0 Å². The molecule has 5 heteroatoms. The molecule has 1 aliphatic heterocycles. The monoisotopic (exact) mass is 266 g/mol. The molecule has 0 spiro atoms. The van der Waals surface area contributed by atoms with Crippen LogP contribution in [0, 0.1) is 0 Å². The van der Waals surface area contributed by atoms with Crippen LogP contribution in [0.15, 0.2) is 0 Å². The van der Waals surface area contributed by atoms with Crippen LogP contribution < -0.4 is 5.73 Å². The van der Waals surface area contributed by atoms with Crippen molar-refractivity contribution in [3.8, 4) is 0 Å². The number of hydrogen-bond donors (Lipinski definition) is 1. The molecule has 2 nitrogen and oxygen atoms in total. The SMILES string of the molecule is CC1CCCCN1C(C)(CN)CCCC(F)(F)F. The molecule has 0 aromatic heterocycles. The molecule has 0 aromatic carbocycles. The lowest BCUT2D eigenvalue weighted by atomic mass is 9.88. The Labute approximate surface area is 108 Å². The van der Waals surface area contributed by atoms with E-state index in [-0.39, 0.29) is 12.0 Å². The van der Waals surface area contributed by atoms with Gasteiger partial charge in [0.1, 0.15) is 0 Å². The molecule has 2 unspecified atom stereocenters. The molecule has 1 heterocycles. The molecule has 1 aliphatic rings. The molecule has 0 bridgehead atoms. The zero-order valence-electron chi connectivity index (χ0n) is 11.4. The highest BCUT2D eigenvalue weighted by Crippen LogP contribution is 2.31. The van der Waals surface area contributed by atoms with E-state index in [9.17, 15) is 13.2 Å². The van der Waals surface area contributed by atoms with Crippen LogP contribution in [-0.4, -0.2) is 35.7 Å². The van der Waals surface area contributed by atoms with E-state index < -0.39 is 12.6 Å². The van der Waals surface area contributed by atoms with Crippen LogP contribution in [0.2, 0.25) is 0 Å².